The number of hydrogen-bond acceptors (Lipinski definition) is 3. The van der Waals surface area contributed by atoms with Gasteiger partial charge >= 0.3 is 7.12 Å². The van der Waals surface area contributed by atoms with Gasteiger partial charge in [-0.25, -0.2) is 8.78 Å². The Balaban J connectivity index is 1.65. The fourth-order valence-electron chi connectivity index (χ4n) is 2.50. The molecule has 0 spiro atoms. The minimum absolute atomic E-state index is 0.369. The highest BCUT2D eigenvalue weighted by Crippen LogP contribution is 2.36. The first-order chi connectivity index (χ1) is 11.7. The molecule has 1 aliphatic rings. The molecule has 2 aromatic carbocycles. The van der Waals surface area contributed by atoms with Gasteiger partial charge in [0, 0.05) is 16.7 Å². The second-order valence-electron chi connectivity index (χ2n) is 7.19. The molecule has 0 saturated carbocycles. The summed E-state index contributed by atoms with van der Waals surface area (Å²) in [5.41, 5.74) is 1.27. The van der Waals surface area contributed by atoms with Gasteiger partial charge in [0.25, 0.3) is 0 Å². The van der Waals surface area contributed by atoms with E-state index in [2.05, 4.69) is 0 Å². The molecular formula is C19H21BF2O2S. The summed E-state index contributed by atoms with van der Waals surface area (Å²) < 4.78 is 38.7. The van der Waals surface area contributed by atoms with Crippen LogP contribution in [0.15, 0.2) is 47.4 Å². The van der Waals surface area contributed by atoms with Crippen molar-refractivity contribution in [3.05, 3.63) is 59.7 Å². The van der Waals surface area contributed by atoms with Crippen molar-refractivity contribution in [2.24, 2.45) is 0 Å². The molecule has 1 saturated heterocycles. The van der Waals surface area contributed by atoms with Crippen molar-refractivity contribution in [3.8, 4) is 0 Å². The van der Waals surface area contributed by atoms with Gasteiger partial charge in [0.05, 0.1) is 11.2 Å². The summed E-state index contributed by atoms with van der Waals surface area (Å²) in [5, 5.41) is 0. The predicted molar refractivity (Wildman–Crippen MR) is 98.1 cm³/mol. The van der Waals surface area contributed by atoms with Gasteiger partial charge in [0.1, 0.15) is 11.6 Å². The number of rotatable bonds is 4. The first-order valence-corrected chi connectivity index (χ1v) is 9.19. The third-order valence-electron chi connectivity index (χ3n) is 4.79. The highest BCUT2D eigenvalue weighted by molar-refractivity contribution is 7.98. The van der Waals surface area contributed by atoms with Crippen LogP contribution in [0, 0.1) is 11.6 Å². The number of thioether (sulfide) groups is 1. The summed E-state index contributed by atoms with van der Waals surface area (Å²) in [6.07, 6.45) is 0. The summed E-state index contributed by atoms with van der Waals surface area (Å²) in [6, 6.07) is 11.5. The average Bonchev–Trinajstić information content (AvgIpc) is 2.75. The lowest BCUT2D eigenvalue weighted by Crippen LogP contribution is -2.41. The van der Waals surface area contributed by atoms with E-state index < -0.39 is 11.6 Å². The van der Waals surface area contributed by atoms with E-state index in [9.17, 15) is 8.78 Å². The lowest BCUT2D eigenvalue weighted by molar-refractivity contribution is 0.00578. The molecular weight excluding hydrogens is 341 g/mol. The predicted octanol–water partition coefficient (Wildman–Crippen LogP) is 4.56. The van der Waals surface area contributed by atoms with Crippen molar-refractivity contribution in [1.29, 1.82) is 0 Å². The molecule has 2 aromatic rings. The minimum atomic E-state index is -0.561. The van der Waals surface area contributed by atoms with Gasteiger partial charge in [-0.15, -0.1) is 11.8 Å². The second kappa shape index (κ2) is 6.74. The maximum Gasteiger partial charge on any atom is 0.494 e. The van der Waals surface area contributed by atoms with Gasteiger partial charge in [-0.05, 0) is 50.9 Å². The van der Waals surface area contributed by atoms with E-state index in [1.165, 1.54) is 23.9 Å². The van der Waals surface area contributed by atoms with E-state index in [4.69, 9.17) is 9.31 Å². The molecule has 6 heteroatoms. The Hall–Kier alpha value is -1.37. The van der Waals surface area contributed by atoms with E-state index in [1.807, 2.05) is 52.0 Å². The Kier molecular flexibility index (Phi) is 4.97. The van der Waals surface area contributed by atoms with E-state index in [0.29, 0.717) is 10.6 Å². The van der Waals surface area contributed by atoms with Crippen LogP contribution in [0.1, 0.15) is 33.3 Å². The quantitative estimate of drug-likeness (QED) is 0.587. The van der Waals surface area contributed by atoms with Crippen molar-refractivity contribution in [2.45, 2.75) is 49.5 Å². The Morgan fingerprint density at radius 1 is 0.920 bits per heavy atom. The highest BCUT2D eigenvalue weighted by Gasteiger charge is 2.51. The Morgan fingerprint density at radius 3 is 2.08 bits per heavy atom. The molecule has 3 rings (SSSR count). The molecule has 1 fully saturated rings. The van der Waals surface area contributed by atoms with Gasteiger partial charge < -0.3 is 9.31 Å². The monoisotopic (exact) mass is 362 g/mol. The van der Waals surface area contributed by atoms with Gasteiger partial charge in [0.2, 0.25) is 0 Å². The maximum absolute atomic E-state index is 13.7. The van der Waals surface area contributed by atoms with Crippen molar-refractivity contribution in [1.82, 2.24) is 0 Å². The van der Waals surface area contributed by atoms with Gasteiger partial charge in [0.15, 0.2) is 0 Å². The molecule has 0 atom stereocenters. The third kappa shape index (κ3) is 3.91. The normalized spacial score (nSPS) is 18.6. The fraction of sp³-hybridized carbons (Fsp3) is 0.368. The Labute approximate surface area is 152 Å². The van der Waals surface area contributed by atoms with Crippen molar-refractivity contribution in [3.63, 3.8) is 0 Å². The molecule has 1 aliphatic heterocycles. The Morgan fingerprint density at radius 2 is 1.52 bits per heavy atom. The number of hydrogen-bond donors (Lipinski definition) is 0. The lowest BCUT2D eigenvalue weighted by atomic mass is 9.79. The average molecular weight is 362 g/mol. The zero-order valence-corrected chi connectivity index (χ0v) is 15.6. The Bertz CT molecular complexity index is 747. The molecule has 0 radical (unpaired) electrons. The summed E-state index contributed by atoms with van der Waals surface area (Å²) >= 11 is 1.34. The molecule has 0 N–H and O–H groups in total. The highest BCUT2D eigenvalue weighted by atomic mass is 32.2. The number of benzene rings is 2. The topological polar surface area (TPSA) is 18.5 Å². The molecule has 25 heavy (non-hydrogen) atoms. The van der Waals surface area contributed by atoms with Crippen LogP contribution < -0.4 is 5.46 Å². The lowest BCUT2D eigenvalue weighted by Gasteiger charge is -2.32. The van der Waals surface area contributed by atoms with Crippen molar-refractivity contribution < 1.29 is 18.1 Å². The summed E-state index contributed by atoms with van der Waals surface area (Å²) in [5.74, 6) is -0.487. The zero-order chi connectivity index (χ0) is 18.2. The molecule has 132 valence electrons. The van der Waals surface area contributed by atoms with Crippen LogP contribution >= 0.6 is 11.8 Å². The van der Waals surface area contributed by atoms with Crippen LogP contribution in [-0.4, -0.2) is 18.3 Å². The maximum atomic E-state index is 13.7. The van der Waals surface area contributed by atoms with Crippen molar-refractivity contribution >= 4 is 24.3 Å². The van der Waals surface area contributed by atoms with Crippen LogP contribution in [0.2, 0.25) is 0 Å². The van der Waals surface area contributed by atoms with Crippen LogP contribution in [0.4, 0.5) is 8.78 Å². The van der Waals surface area contributed by atoms with Gasteiger partial charge in [-0.1, -0.05) is 24.3 Å². The first kappa shape index (κ1) is 18.4. The minimum Gasteiger partial charge on any atom is -0.399 e. The second-order valence-corrected chi connectivity index (χ2v) is 8.21. The first-order valence-electron chi connectivity index (χ1n) is 8.20. The molecule has 2 nitrogen and oxygen atoms in total. The molecule has 0 aromatic heterocycles. The van der Waals surface area contributed by atoms with Crippen LogP contribution in [-0.2, 0) is 15.1 Å². The van der Waals surface area contributed by atoms with Gasteiger partial charge in [-0.3, -0.25) is 0 Å². The summed E-state index contributed by atoms with van der Waals surface area (Å²) in [4.78, 5) is 0.441. The molecule has 0 bridgehead atoms. The number of halogens is 2. The fourth-order valence-corrected chi connectivity index (χ4v) is 3.38. The SMILES string of the molecule is CC1(C)OB(c2ccc(CSc3ccc(F)cc3F)cc2)OC1(C)C. The largest absolute Gasteiger partial charge is 0.494 e. The van der Waals surface area contributed by atoms with Crippen LogP contribution in [0.5, 0.6) is 0 Å². The van der Waals surface area contributed by atoms with Gasteiger partial charge in [-0.2, -0.15) is 0 Å². The molecule has 0 amide bonds. The summed E-state index contributed by atoms with van der Waals surface area (Å²) in [6.45, 7) is 8.09. The van der Waals surface area contributed by atoms with E-state index in [1.54, 1.807) is 0 Å². The van der Waals surface area contributed by atoms with Crippen molar-refractivity contribution in [2.75, 3.05) is 0 Å². The smallest absolute Gasteiger partial charge is 0.399 e. The van der Waals surface area contributed by atoms with E-state index in [-0.39, 0.29) is 18.3 Å². The zero-order valence-electron chi connectivity index (χ0n) is 14.8. The molecule has 0 aliphatic carbocycles. The van der Waals surface area contributed by atoms with E-state index in [0.717, 1.165) is 17.1 Å². The third-order valence-corrected chi connectivity index (χ3v) is 5.91. The molecule has 1 heterocycles. The van der Waals surface area contributed by atoms with Crippen LogP contribution in [0.3, 0.4) is 0 Å². The van der Waals surface area contributed by atoms with E-state index >= 15 is 0 Å². The molecule has 0 unspecified atom stereocenters. The standard InChI is InChI=1S/C19H21BF2O2S/c1-18(2)19(3,4)24-20(23-18)14-7-5-13(6-8-14)12-25-17-10-9-15(21)11-16(17)22/h5-11H,12H2,1-4H3. The summed E-state index contributed by atoms with van der Waals surface area (Å²) in [7, 11) is -0.388. The van der Waals surface area contributed by atoms with Crippen LogP contribution in [0.25, 0.3) is 0 Å².